The fourth-order valence-corrected chi connectivity index (χ4v) is 3.38. The molecule has 0 saturated carbocycles. The van der Waals surface area contributed by atoms with Gasteiger partial charge in [0.15, 0.2) is 0 Å². The summed E-state index contributed by atoms with van der Waals surface area (Å²) in [6.07, 6.45) is 4.36. The zero-order chi connectivity index (χ0) is 17.8. The maximum absolute atomic E-state index is 12.1. The number of nitrogens with one attached hydrogen (secondary N) is 2. The molecule has 0 unspecified atom stereocenters. The highest BCUT2D eigenvalue weighted by atomic mass is 16.5. The molecule has 134 valence electrons. The van der Waals surface area contributed by atoms with E-state index in [0.717, 1.165) is 29.2 Å². The zero-order valence-electron chi connectivity index (χ0n) is 14.7. The van der Waals surface area contributed by atoms with Gasteiger partial charge in [0.2, 0.25) is 0 Å². The molecule has 2 aliphatic heterocycles. The molecule has 1 fully saturated rings. The van der Waals surface area contributed by atoms with E-state index in [0.29, 0.717) is 12.2 Å². The summed E-state index contributed by atoms with van der Waals surface area (Å²) in [5.41, 5.74) is 3.34. The average Bonchev–Trinajstić information content (AvgIpc) is 3.28. The summed E-state index contributed by atoms with van der Waals surface area (Å²) in [7, 11) is 0. The predicted molar refractivity (Wildman–Crippen MR) is 104 cm³/mol. The molecule has 5 nitrogen and oxygen atoms in total. The summed E-state index contributed by atoms with van der Waals surface area (Å²) < 4.78 is 5.82. The minimum atomic E-state index is -0.0828. The lowest BCUT2D eigenvalue weighted by Crippen LogP contribution is -2.25. The predicted octanol–water partition coefficient (Wildman–Crippen LogP) is 3.57. The van der Waals surface area contributed by atoms with Gasteiger partial charge in [-0.3, -0.25) is 9.69 Å². The lowest BCUT2D eigenvalue weighted by Gasteiger charge is -2.15. The van der Waals surface area contributed by atoms with Crippen LogP contribution in [0.5, 0.6) is 5.75 Å². The van der Waals surface area contributed by atoms with E-state index in [-0.39, 0.29) is 5.91 Å². The van der Waals surface area contributed by atoms with Crippen molar-refractivity contribution in [3.8, 4) is 5.75 Å². The largest absolute Gasteiger partial charge is 0.492 e. The Hall–Kier alpha value is -2.79. The Morgan fingerprint density at radius 1 is 1.08 bits per heavy atom. The normalized spacial score (nSPS) is 18.0. The molecule has 0 radical (unpaired) electrons. The number of carbonyl (C=O) groups excluding carboxylic acids is 1. The van der Waals surface area contributed by atoms with Gasteiger partial charge in [-0.2, -0.15) is 0 Å². The van der Waals surface area contributed by atoms with Gasteiger partial charge in [-0.05, 0) is 56.3 Å². The van der Waals surface area contributed by atoms with Crippen molar-refractivity contribution in [2.45, 2.75) is 12.8 Å². The van der Waals surface area contributed by atoms with Gasteiger partial charge >= 0.3 is 0 Å². The fourth-order valence-electron chi connectivity index (χ4n) is 3.38. The number of carbonyl (C=O) groups is 1. The number of fused-ring (bicyclic) bond motifs is 1. The van der Waals surface area contributed by atoms with Gasteiger partial charge in [0.1, 0.15) is 12.4 Å². The molecule has 1 saturated heterocycles. The van der Waals surface area contributed by atoms with Crippen LogP contribution in [-0.2, 0) is 4.79 Å². The number of hydrogen-bond acceptors (Lipinski definition) is 4. The van der Waals surface area contributed by atoms with Crippen molar-refractivity contribution in [3.05, 3.63) is 60.3 Å². The van der Waals surface area contributed by atoms with Crippen molar-refractivity contribution in [2.75, 3.05) is 36.9 Å². The van der Waals surface area contributed by atoms with Crippen LogP contribution in [-0.4, -0.2) is 37.0 Å². The van der Waals surface area contributed by atoms with Gasteiger partial charge in [0.05, 0.1) is 5.57 Å². The Balaban J connectivity index is 1.33. The van der Waals surface area contributed by atoms with E-state index >= 15 is 0 Å². The number of hydrogen-bond donors (Lipinski definition) is 2. The average molecular weight is 349 g/mol. The molecule has 0 aromatic heterocycles. The summed E-state index contributed by atoms with van der Waals surface area (Å²) in [5, 5.41) is 6.07. The summed E-state index contributed by atoms with van der Waals surface area (Å²) in [5.74, 6) is 0.784. The minimum Gasteiger partial charge on any atom is -0.492 e. The van der Waals surface area contributed by atoms with Crippen LogP contribution >= 0.6 is 0 Å². The van der Waals surface area contributed by atoms with Crippen molar-refractivity contribution in [2.24, 2.45) is 0 Å². The molecule has 0 bridgehead atoms. The van der Waals surface area contributed by atoms with Crippen LogP contribution in [0.25, 0.3) is 5.57 Å². The number of para-hydroxylation sites is 1. The SMILES string of the molecule is O=C1Nc2ccccc2C1=CNc1ccc(OCCN2CCCC2)cc1. The van der Waals surface area contributed by atoms with Gasteiger partial charge in [-0.1, -0.05) is 18.2 Å². The van der Waals surface area contributed by atoms with E-state index in [1.54, 1.807) is 6.20 Å². The highest BCUT2D eigenvalue weighted by Gasteiger charge is 2.23. The summed E-state index contributed by atoms with van der Waals surface area (Å²) in [6.45, 7) is 4.09. The third-order valence-electron chi connectivity index (χ3n) is 4.82. The second kappa shape index (κ2) is 7.62. The fraction of sp³-hybridized carbons (Fsp3) is 0.286. The van der Waals surface area contributed by atoms with Crippen molar-refractivity contribution < 1.29 is 9.53 Å². The molecule has 0 aliphatic carbocycles. The molecule has 2 aromatic carbocycles. The minimum absolute atomic E-state index is 0.0828. The highest BCUT2D eigenvalue weighted by molar-refractivity contribution is 6.31. The van der Waals surface area contributed by atoms with Gasteiger partial charge < -0.3 is 15.4 Å². The van der Waals surface area contributed by atoms with Crippen LogP contribution in [0.2, 0.25) is 0 Å². The second-order valence-electron chi connectivity index (χ2n) is 6.62. The quantitative estimate of drug-likeness (QED) is 0.783. The maximum atomic E-state index is 12.1. The topological polar surface area (TPSA) is 53.6 Å². The Labute approximate surface area is 153 Å². The molecule has 2 heterocycles. The number of rotatable bonds is 6. The summed E-state index contributed by atoms with van der Waals surface area (Å²) in [4.78, 5) is 14.5. The van der Waals surface area contributed by atoms with Gasteiger partial charge in [-0.15, -0.1) is 0 Å². The van der Waals surface area contributed by atoms with Crippen molar-refractivity contribution in [1.82, 2.24) is 4.90 Å². The first-order valence-corrected chi connectivity index (χ1v) is 9.12. The standard InChI is InChI=1S/C21H23N3O2/c25-21-19(18-5-1-2-6-20(18)23-21)15-22-16-7-9-17(10-8-16)26-14-13-24-11-3-4-12-24/h1-2,5-10,15,22H,3-4,11-14H2,(H,23,25). The Kier molecular flexibility index (Phi) is 4.88. The molecule has 1 amide bonds. The Morgan fingerprint density at radius 2 is 1.85 bits per heavy atom. The maximum Gasteiger partial charge on any atom is 0.257 e. The van der Waals surface area contributed by atoms with E-state index < -0.39 is 0 Å². The van der Waals surface area contributed by atoms with Crippen molar-refractivity contribution in [1.29, 1.82) is 0 Å². The molecule has 0 spiro atoms. The molecular formula is C21H23N3O2. The number of ether oxygens (including phenoxy) is 1. The Bertz CT molecular complexity index is 808. The molecule has 26 heavy (non-hydrogen) atoms. The third kappa shape index (κ3) is 3.73. The van der Waals surface area contributed by atoms with E-state index in [2.05, 4.69) is 15.5 Å². The molecule has 2 aromatic rings. The third-order valence-corrected chi connectivity index (χ3v) is 4.82. The van der Waals surface area contributed by atoms with Crippen molar-refractivity contribution >= 4 is 22.9 Å². The molecule has 0 atom stereocenters. The van der Waals surface area contributed by atoms with Gasteiger partial charge in [0.25, 0.3) is 5.91 Å². The van der Waals surface area contributed by atoms with E-state index in [4.69, 9.17) is 4.74 Å². The van der Waals surface area contributed by atoms with Crippen LogP contribution in [0.3, 0.4) is 0 Å². The van der Waals surface area contributed by atoms with Crippen molar-refractivity contribution in [3.63, 3.8) is 0 Å². The molecule has 4 rings (SSSR count). The number of amides is 1. The first-order valence-electron chi connectivity index (χ1n) is 9.12. The number of nitrogens with zero attached hydrogens (tertiary/aromatic N) is 1. The number of likely N-dealkylation sites (tertiary alicyclic amines) is 1. The molecule has 5 heteroatoms. The lowest BCUT2D eigenvalue weighted by atomic mass is 10.1. The molecule has 2 aliphatic rings. The summed E-state index contributed by atoms with van der Waals surface area (Å²) >= 11 is 0. The van der Waals surface area contributed by atoms with E-state index in [9.17, 15) is 4.79 Å². The van der Waals surface area contributed by atoms with Gasteiger partial charge in [-0.25, -0.2) is 0 Å². The number of anilines is 2. The molecular weight excluding hydrogens is 326 g/mol. The van der Waals surface area contributed by atoms with Gasteiger partial charge in [0, 0.05) is 29.7 Å². The van der Waals surface area contributed by atoms with Crippen LogP contribution in [0.1, 0.15) is 18.4 Å². The summed E-state index contributed by atoms with van der Waals surface area (Å²) in [6, 6.07) is 15.5. The Morgan fingerprint density at radius 3 is 2.65 bits per heavy atom. The number of benzene rings is 2. The first-order chi connectivity index (χ1) is 12.8. The van der Waals surface area contributed by atoms with E-state index in [1.807, 2.05) is 48.5 Å². The smallest absolute Gasteiger partial charge is 0.257 e. The highest BCUT2D eigenvalue weighted by Crippen LogP contribution is 2.31. The van der Waals surface area contributed by atoms with E-state index in [1.165, 1.54) is 25.9 Å². The zero-order valence-corrected chi connectivity index (χ0v) is 14.7. The van der Waals surface area contributed by atoms with Crippen LogP contribution in [0, 0.1) is 0 Å². The second-order valence-corrected chi connectivity index (χ2v) is 6.62. The molecule has 2 N–H and O–H groups in total. The monoisotopic (exact) mass is 349 g/mol. The first kappa shape index (κ1) is 16.7. The van der Waals surface area contributed by atoms with Crippen LogP contribution < -0.4 is 15.4 Å². The lowest BCUT2D eigenvalue weighted by molar-refractivity contribution is -0.110. The van der Waals surface area contributed by atoms with Crippen LogP contribution in [0.15, 0.2) is 54.7 Å². The van der Waals surface area contributed by atoms with Crippen LogP contribution in [0.4, 0.5) is 11.4 Å².